The summed E-state index contributed by atoms with van der Waals surface area (Å²) in [4.78, 5) is 1.38. The molecule has 3 heteroatoms. The number of hydrogen-bond donors (Lipinski definition) is 1. The van der Waals surface area contributed by atoms with E-state index in [1.165, 1.54) is 35.3 Å². The summed E-state index contributed by atoms with van der Waals surface area (Å²) in [5.41, 5.74) is 2.82. The number of thioether (sulfide) groups is 1. The number of thiophene rings is 1. The number of hydrogen-bond acceptors (Lipinski definition) is 3. The number of rotatable bonds is 9. The third kappa shape index (κ3) is 6.25. The van der Waals surface area contributed by atoms with Crippen LogP contribution in [0.1, 0.15) is 30.9 Å². The van der Waals surface area contributed by atoms with Crippen LogP contribution in [-0.4, -0.2) is 18.3 Å². The summed E-state index contributed by atoms with van der Waals surface area (Å²) in [7, 11) is 0. The maximum absolute atomic E-state index is 3.70. The van der Waals surface area contributed by atoms with E-state index in [-0.39, 0.29) is 0 Å². The highest BCUT2D eigenvalue weighted by Crippen LogP contribution is 2.21. The fraction of sp³-hybridized carbons (Fsp3) is 0.444. The summed E-state index contributed by atoms with van der Waals surface area (Å²) < 4.78 is 0. The number of benzene rings is 1. The molecule has 0 saturated heterocycles. The van der Waals surface area contributed by atoms with Crippen LogP contribution < -0.4 is 5.32 Å². The van der Waals surface area contributed by atoms with E-state index in [2.05, 4.69) is 60.3 Å². The molecular formula is C18H25NS2. The summed E-state index contributed by atoms with van der Waals surface area (Å²) in [5.74, 6) is 1.15. The average molecular weight is 320 g/mol. The SMILES string of the molecule is CCCNC(CCc1ccsc1)CSc1cccc(C)c1. The fourth-order valence-corrected chi connectivity index (χ4v) is 4.10. The van der Waals surface area contributed by atoms with Crippen LogP contribution in [0.3, 0.4) is 0 Å². The van der Waals surface area contributed by atoms with Crippen LogP contribution in [0.2, 0.25) is 0 Å². The molecular weight excluding hydrogens is 294 g/mol. The molecule has 1 N–H and O–H groups in total. The summed E-state index contributed by atoms with van der Waals surface area (Å²) >= 11 is 3.77. The minimum absolute atomic E-state index is 0.593. The van der Waals surface area contributed by atoms with E-state index in [1.807, 2.05) is 11.8 Å². The zero-order valence-corrected chi connectivity index (χ0v) is 14.6. The molecule has 0 spiro atoms. The number of aryl methyl sites for hydroxylation is 2. The van der Waals surface area contributed by atoms with Crippen LogP contribution in [-0.2, 0) is 6.42 Å². The van der Waals surface area contributed by atoms with Gasteiger partial charge in [-0.15, -0.1) is 11.8 Å². The lowest BCUT2D eigenvalue weighted by atomic mass is 10.1. The zero-order chi connectivity index (χ0) is 14.9. The van der Waals surface area contributed by atoms with Gasteiger partial charge in [-0.3, -0.25) is 0 Å². The third-order valence-corrected chi connectivity index (χ3v) is 5.37. The first-order valence-corrected chi connectivity index (χ1v) is 9.64. The molecule has 0 radical (unpaired) electrons. The van der Waals surface area contributed by atoms with Gasteiger partial charge in [-0.05, 0) is 67.3 Å². The third-order valence-electron chi connectivity index (χ3n) is 3.49. The van der Waals surface area contributed by atoms with Gasteiger partial charge in [-0.1, -0.05) is 24.6 Å². The minimum atomic E-state index is 0.593. The van der Waals surface area contributed by atoms with Gasteiger partial charge in [0.1, 0.15) is 0 Å². The highest BCUT2D eigenvalue weighted by Gasteiger charge is 2.09. The van der Waals surface area contributed by atoms with E-state index >= 15 is 0 Å². The average Bonchev–Trinajstić information content (AvgIpc) is 3.00. The second kappa shape index (κ2) is 9.29. The fourth-order valence-electron chi connectivity index (χ4n) is 2.27. The van der Waals surface area contributed by atoms with E-state index in [1.54, 1.807) is 11.3 Å². The second-order valence-electron chi connectivity index (χ2n) is 5.45. The van der Waals surface area contributed by atoms with Crippen molar-refractivity contribution in [3.8, 4) is 0 Å². The monoisotopic (exact) mass is 319 g/mol. The van der Waals surface area contributed by atoms with Crippen molar-refractivity contribution in [1.82, 2.24) is 5.32 Å². The maximum Gasteiger partial charge on any atom is 0.0164 e. The standard InChI is InChI=1S/C18H25NS2/c1-3-10-19-17(8-7-16-9-11-20-13-16)14-21-18-6-4-5-15(2)12-18/h4-6,9,11-13,17,19H,3,7-8,10,14H2,1-2H3. The second-order valence-corrected chi connectivity index (χ2v) is 7.32. The van der Waals surface area contributed by atoms with Crippen LogP contribution in [0, 0.1) is 6.92 Å². The van der Waals surface area contributed by atoms with Gasteiger partial charge in [-0.25, -0.2) is 0 Å². The Balaban J connectivity index is 1.83. The van der Waals surface area contributed by atoms with Gasteiger partial charge in [0.15, 0.2) is 0 Å². The normalized spacial score (nSPS) is 12.5. The Hall–Kier alpha value is -0.770. The summed E-state index contributed by atoms with van der Waals surface area (Å²) in [5, 5.41) is 8.14. The van der Waals surface area contributed by atoms with Crippen LogP contribution >= 0.6 is 23.1 Å². The first-order valence-electron chi connectivity index (χ1n) is 7.72. The Morgan fingerprint density at radius 1 is 1.29 bits per heavy atom. The van der Waals surface area contributed by atoms with Crippen LogP contribution in [0.15, 0.2) is 46.0 Å². The van der Waals surface area contributed by atoms with E-state index in [9.17, 15) is 0 Å². The molecule has 0 aliphatic rings. The Bertz CT molecular complexity index is 508. The maximum atomic E-state index is 3.70. The van der Waals surface area contributed by atoms with Gasteiger partial charge in [0.25, 0.3) is 0 Å². The number of nitrogens with one attached hydrogen (secondary N) is 1. The van der Waals surface area contributed by atoms with Crippen molar-refractivity contribution in [2.45, 2.75) is 44.0 Å². The molecule has 1 aromatic heterocycles. The molecule has 0 aliphatic carbocycles. The van der Waals surface area contributed by atoms with Crippen LogP contribution in [0.25, 0.3) is 0 Å². The van der Waals surface area contributed by atoms with Crippen LogP contribution in [0.4, 0.5) is 0 Å². The molecule has 2 aromatic rings. The highest BCUT2D eigenvalue weighted by atomic mass is 32.2. The lowest BCUT2D eigenvalue weighted by molar-refractivity contribution is 0.520. The van der Waals surface area contributed by atoms with Gasteiger partial charge < -0.3 is 5.32 Å². The van der Waals surface area contributed by atoms with Crippen molar-refractivity contribution in [1.29, 1.82) is 0 Å². The summed E-state index contributed by atoms with van der Waals surface area (Å²) in [6, 6.07) is 11.6. The smallest absolute Gasteiger partial charge is 0.0164 e. The van der Waals surface area contributed by atoms with Crippen molar-refractivity contribution in [2.24, 2.45) is 0 Å². The quantitative estimate of drug-likeness (QED) is 0.642. The molecule has 1 atom stereocenters. The van der Waals surface area contributed by atoms with Crippen molar-refractivity contribution < 1.29 is 0 Å². The molecule has 1 nitrogen and oxygen atoms in total. The summed E-state index contributed by atoms with van der Waals surface area (Å²) in [6.07, 6.45) is 3.60. The van der Waals surface area contributed by atoms with E-state index in [4.69, 9.17) is 0 Å². The minimum Gasteiger partial charge on any atom is -0.313 e. The molecule has 1 aromatic carbocycles. The predicted molar refractivity (Wildman–Crippen MR) is 96.6 cm³/mol. The van der Waals surface area contributed by atoms with Gasteiger partial charge in [0, 0.05) is 16.7 Å². The Morgan fingerprint density at radius 3 is 2.90 bits per heavy atom. The Kier molecular flexibility index (Phi) is 7.34. The largest absolute Gasteiger partial charge is 0.313 e. The van der Waals surface area contributed by atoms with Crippen molar-refractivity contribution in [3.63, 3.8) is 0 Å². The molecule has 2 rings (SSSR count). The first-order chi connectivity index (χ1) is 10.3. The van der Waals surface area contributed by atoms with E-state index in [0.29, 0.717) is 6.04 Å². The van der Waals surface area contributed by atoms with E-state index in [0.717, 1.165) is 12.3 Å². The first kappa shape index (κ1) is 16.6. The molecule has 114 valence electrons. The summed E-state index contributed by atoms with van der Waals surface area (Å²) in [6.45, 7) is 5.51. The zero-order valence-electron chi connectivity index (χ0n) is 13.0. The van der Waals surface area contributed by atoms with E-state index < -0.39 is 0 Å². The highest BCUT2D eigenvalue weighted by molar-refractivity contribution is 7.99. The molecule has 0 fully saturated rings. The van der Waals surface area contributed by atoms with Crippen molar-refractivity contribution in [3.05, 3.63) is 52.2 Å². The Morgan fingerprint density at radius 2 is 2.19 bits per heavy atom. The molecule has 21 heavy (non-hydrogen) atoms. The van der Waals surface area contributed by atoms with Gasteiger partial charge in [0.05, 0.1) is 0 Å². The predicted octanol–water partition coefficient (Wildman–Crippen LogP) is 5.15. The topological polar surface area (TPSA) is 12.0 Å². The molecule has 1 heterocycles. The molecule has 0 aliphatic heterocycles. The molecule has 0 amide bonds. The lowest BCUT2D eigenvalue weighted by Crippen LogP contribution is -2.32. The molecule has 0 saturated carbocycles. The van der Waals surface area contributed by atoms with Gasteiger partial charge in [0.2, 0.25) is 0 Å². The Labute approximate surface area is 137 Å². The van der Waals surface area contributed by atoms with Gasteiger partial charge >= 0.3 is 0 Å². The van der Waals surface area contributed by atoms with Crippen LogP contribution in [0.5, 0.6) is 0 Å². The molecule has 1 unspecified atom stereocenters. The van der Waals surface area contributed by atoms with Crippen molar-refractivity contribution >= 4 is 23.1 Å². The van der Waals surface area contributed by atoms with Gasteiger partial charge in [-0.2, -0.15) is 11.3 Å². The molecule has 0 bridgehead atoms. The van der Waals surface area contributed by atoms with Crippen molar-refractivity contribution in [2.75, 3.05) is 12.3 Å². The lowest BCUT2D eigenvalue weighted by Gasteiger charge is -2.18.